The first-order chi connectivity index (χ1) is 8.69. The number of hydrogen-bond acceptors (Lipinski definition) is 2. The van der Waals surface area contributed by atoms with Gasteiger partial charge in [0.2, 0.25) is 0 Å². The van der Waals surface area contributed by atoms with E-state index in [2.05, 4.69) is 24.0 Å². The number of hydrogen-bond donors (Lipinski definition) is 1. The Morgan fingerprint density at radius 3 is 2.94 bits per heavy atom. The van der Waals surface area contributed by atoms with Crippen LogP contribution in [0.5, 0.6) is 0 Å². The standard InChI is InChI=1S/C14H19Cl2NS/c1-2-18-13-5-4-12(8-13)17-9-10-7-11(15)3-6-14(10)16/h3,6-7,12-13,17H,2,4-5,8-9H2,1H3. The van der Waals surface area contributed by atoms with E-state index in [-0.39, 0.29) is 0 Å². The smallest absolute Gasteiger partial charge is 0.0451 e. The first-order valence-electron chi connectivity index (χ1n) is 6.48. The van der Waals surface area contributed by atoms with Crippen molar-refractivity contribution in [1.82, 2.24) is 5.32 Å². The van der Waals surface area contributed by atoms with Gasteiger partial charge in [0, 0.05) is 27.9 Å². The molecule has 18 heavy (non-hydrogen) atoms. The number of benzene rings is 1. The average Bonchev–Trinajstić information content (AvgIpc) is 2.79. The Bertz CT molecular complexity index is 397. The minimum atomic E-state index is 0.629. The summed E-state index contributed by atoms with van der Waals surface area (Å²) >= 11 is 14.2. The van der Waals surface area contributed by atoms with Gasteiger partial charge in [0.05, 0.1) is 0 Å². The van der Waals surface area contributed by atoms with Crippen LogP contribution in [0.1, 0.15) is 31.7 Å². The third-order valence-electron chi connectivity index (χ3n) is 3.38. The van der Waals surface area contributed by atoms with Crippen molar-refractivity contribution in [3.63, 3.8) is 0 Å². The van der Waals surface area contributed by atoms with Crippen LogP contribution in [0.25, 0.3) is 0 Å². The molecular formula is C14H19Cl2NS. The Morgan fingerprint density at radius 1 is 1.33 bits per heavy atom. The van der Waals surface area contributed by atoms with Gasteiger partial charge in [-0.05, 0) is 48.8 Å². The minimum Gasteiger partial charge on any atom is -0.310 e. The molecule has 4 heteroatoms. The number of rotatable bonds is 5. The summed E-state index contributed by atoms with van der Waals surface area (Å²) < 4.78 is 0. The summed E-state index contributed by atoms with van der Waals surface area (Å²) in [5.74, 6) is 1.22. The first-order valence-corrected chi connectivity index (χ1v) is 8.28. The van der Waals surface area contributed by atoms with Gasteiger partial charge in [0.1, 0.15) is 0 Å². The average molecular weight is 304 g/mol. The van der Waals surface area contributed by atoms with Crippen molar-refractivity contribution in [1.29, 1.82) is 0 Å². The van der Waals surface area contributed by atoms with E-state index in [1.54, 1.807) is 0 Å². The molecule has 0 bridgehead atoms. The molecule has 0 heterocycles. The highest BCUT2D eigenvalue weighted by Crippen LogP contribution is 2.30. The molecule has 2 unspecified atom stereocenters. The highest BCUT2D eigenvalue weighted by atomic mass is 35.5. The van der Waals surface area contributed by atoms with Crippen LogP contribution in [0.15, 0.2) is 18.2 Å². The maximum absolute atomic E-state index is 6.16. The van der Waals surface area contributed by atoms with Crippen LogP contribution >= 0.6 is 35.0 Å². The van der Waals surface area contributed by atoms with Gasteiger partial charge in [-0.3, -0.25) is 0 Å². The lowest BCUT2D eigenvalue weighted by molar-refractivity contribution is 0.525. The van der Waals surface area contributed by atoms with Gasteiger partial charge in [0.15, 0.2) is 0 Å². The highest BCUT2D eigenvalue weighted by Gasteiger charge is 2.23. The summed E-state index contributed by atoms with van der Waals surface area (Å²) in [7, 11) is 0. The molecule has 0 amide bonds. The minimum absolute atomic E-state index is 0.629. The lowest BCUT2D eigenvalue weighted by Crippen LogP contribution is -2.26. The van der Waals surface area contributed by atoms with Crippen LogP contribution in [0.3, 0.4) is 0 Å². The van der Waals surface area contributed by atoms with Gasteiger partial charge in [0.25, 0.3) is 0 Å². The fourth-order valence-corrected chi connectivity index (χ4v) is 3.97. The Balaban J connectivity index is 1.83. The van der Waals surface area contributed by atoms with E-state index in [4.69, 9.17) is 23.2 Å². The fraction of sp³-hybridized carbons (Fsp3) is 0.571. The Hall–Kier alpha value is 0.110. The molecular weight excluding hydrogens is 285 g/mol. The summed E-state index contributed by atoms with van der Waals surface area (Å²) in [6.07, 6.45) is 3.88. The van der Waals surface area contributed by atoms with E-state index in [0.717, 1.165) is 27.4 Å². The van der Waals surface area contributed by atoms with Crippen molar-refractivity contribution in [3.8, 4) is 0 Å². The normalized spacial score (nSPS) is 23.5. The summed E-state index contributed by atoms with van der Waals surface area (Å²) in [5, 5.41) is 5.98. The zero-order valence-corrected chi connectivity index (χ0v) is 12.9. The van der Waals surface area contributed by atoms with Crippen LogP contribution in [-0.4, -0.2) is 17.0 Å². The Morgan fingerprint density at radius 2 is 2.17 bits per heavy atom. The van der Waals surface area contributed by atoms with Crippen LogP contribution in [0, 0.1) is 0 Å². The Labute approximate surface area is 124 Å². The van der Waals surface area contributed by atoms with Crippen LogP contribution in [-0.2, 0) is 6.54 Å². The molecule has 0 radical (unpaired) electrons. The highest BCUT2D eigenvalue weighted by molar-refractivity contribution is 7.99. The predicted octanol–water partition coefficient (Wildman–Crippen LogP) is 4.76. The fourth-order valence-electron chi connectivity index (χ4n) is 2.45. The topological polar surface area (TPSA) is 12.0 Å². The van der Waals surface area contributed by atoms with E-state index >= 15 is 0 Å². The molecule has 1 nitrogen and oxygen atoms in total. The van der Waals surface area contributed by atoms with Crippen molar-refractivity contribution >= 4 is 35.0 Å². The van der Waals surface area contributed by atoms with E-state index in [1.165, 1.54) is 25.0 Å². The van der Waals surface area contributed by atoms with Crippen molar-refractivity contribution in [2.45, 2.75) is 44.0 Å². The number of nitrogens with one attached hydrogen (secondary N) is 1. The van der Waals surface area contributed by atoms with Gasteiger partial charge in [-0.15, -0.1) is 0 Å². The van der Waals surface area contributed by atoms with E-state index < -0.39 is 0 Å². The Kier molecular flexibility index (Phi) is 5.68. The first kappa shape index (κ1) is 14.5. The number of thioether (sulfide) groups is 1. The molecule has 100 valence electrons. The lowest BCUT2D eigenvalue weighted by Gasteiger charge is -2.14. The third kappa shape index (κ3) is 4.06. The second-order valence-corrected chi connectivity index (χ2v) is 7.12. The van der Waals surface area contributed by atoms with E-state index in [1.807, 2.05) is 18.2 Å². The summed E-state index contributed by atoms with van der Waals surface area (Å²) in [5.41, 5.74) is 1.09. The molecule has 0 aromatic heterocycles. The van der Waals surface area contributed by atoms with Crippen LogP contribution in [0.2, 0.25) is 10.0 Å². The van der Waals surface area contributed by atoms with Crippen molar-refractivity contribution in [3.05, 3.63) is 33.8 Å². The maximum atomic E-state index is 6.16. The molecule has 0 aliphatic heterocycles. The SMILES string of the molecule is CCSC1CCC(NCc2cc(Cl)ccc2Cl)C1. The van der Waals surface area contributed by atoms with Gasteiger partial charge in [-0.25, -0.2) is 0 Å². The predicted molar refractivity (Wildman–Crippen MR) is 82.9 cm³/mol. The monoisotopic (exact) mass is 303 g/mol. The van der Waals surface area contributed by atoms with Crippen molar-refractivity contribution < 1.29 is 0 Å². The van der Waals surface area contributed by atoms with Gasteiger partial charge in [-0.1, -0.05) is 30.1 Å². The molecule has 2 atom stereocenters. The molecule has 2 rings (SSSR count). The zero-order chi connectivity index (χ0) is 13.0. The van der Waals surface area contributed by atoms with Crippen molar-refractivity contribution in [2.75, 3.05) is 5.75 Å². The number of halogens is 2. The van der Waals surface area contributed by atoms with E-state index in [9.17, 15) is 0 Å². The molecule has 1 N–H and O–H groups in total. The molecule has 1 fully saturated rings. The lowest BCUT2D eigenvalue weighted by atomic mass is 10.2. The quantitative estimate of drug-likeness (QED) is 0.842. The molecule has 1 saturated carbocycles. The molecule has 0 spiro atoms. The van der Waals surface area contributed by atoms with Gasteiger partial charge >= 0.3 is 0 Å². The second kappa shape index (κ2) is 7.04. The second-order valence-electron chi connectivity index (χ2n) is 4.70. The molecule has 0 saturated heterocycles. The summed E-state index contributed by atoms with van der Waals surface area (Å²) in [4.78, 5) is 0. The third-order valence-corrected chi connectivity index (χ3v) is 5.21. The zero-order valence-electron chi connectivity index (χ0n) is 10.6. The summed E-state index contributed by atoms with van der Waals surface area (Å²) in [6, 6.07) is 6.27. The largest absolute Gasteiger partial charge is 0.310 e. The van der Waals surface area contributed by atoms with E-state index in [0.29, 0.717) is 6.04 Å². The molecule has 1 aromatic carbocycles. The van der Waals surface area contributed by atoms with Gasteiger partial charge < -0.3 is 5.32 Å². The van der Waals surface area contributed by atoms with Crippen LogP contribution < -0.4 is 5.32 Å². The van der Waals surface area contributed by atoms with Crippen LogP contribution in [0.4, 0.5) is 0 Å². The molecule has 1 aromatic rings. The van der Waals surface area contributed by atoms with Crippen molar-refractivity contribution in [2.24, 2.45) is 0 Å². The maximum Gasteiger partial charge on any atom is 0.0451 e. The summed E-state index contributed by atoms with van der Waals surface area (Å²) in [6.45, 7) is 3.05. The molecule has 1 aliphatic carbocycles. The molecule has 1 aliphatic rings. The van der Waals surface area contributed by atoms with Gasteiger partial charge in [-0.2, -0.15) is 11.8 Å².